The van der Waals surface area contributed by atoms with Crippen LogP contribution in [0, 0.1) is 23.1 Å². The van der Waals surface area contributed by atoms with Gasteiger partial charge >= 0.3 is 0 Å². The number of ketones is 1. The quantitative estimate of drug-likeness (QED) is 0.869. The van der Waals surface area contributed by atoms with Crippen molar-refractivity contribution >= 4 is 5.78 Å². The molecule has 3 nitrogen and oxygen atoms in total. The van der Waals surface area contributed by atoms with Crippen molar-refractivity contribution in [2.45, 2.75) is 50.6 Å². The van der Waals surface area contributed by atoms with Gasteiger partial charge in [-0.05, 0) is 43.9 Å². The molecule has 0 saturated carbocycles. The lowest BCUT2D eigenvalue weighted by Gasteiger charge is -2.39. The summed E-state index contributed by atoms with van der Waals surface area (Å²) >= 11 is 0. The molecule has 2 aliphatic rings. The minimum Gasteiger partial charge on any atom is -0.311 e. The van der Waals surface area contributed by atoms with Gasteiger partial charge in [0.2, 0.25) is 0 Å². The molecule has 4 heteroatoms. The van der Waals surface area contributed by atoms with E-state index < -0.39 is 5.82 Å². The second-order valence-corrected chi connectivity index (χ2v) is 6.17. The highest BCUT2D eigenvalue weighted by atomic mass is 19.1. The van der Waals surface area contributed by atoms with Crippen LogP contribution >= 0.6 is 0 Å². The van der Waals surface area contributed by atoms with Crippen molar-refractivity contribution in [1.29, 1.82) is 5.26 Å². The Balaban J connectivity index is 1.79. The number of halogens is 1. The van der Waals surface area contributed by atoms with Gasteiger partial charge in [0.05, 0.1) is 12.5 Å². The molecule has 21 heavy (non-hydrogen) atoms. The van der Waals surface area contributed by atoms with E-state index in [-0.39, 0.29) is 18.1 Å². The van der Waals surface area contributed by atoms with Gasteiger partial charge in [0, 0.05) is 29.1 Å². The monoisotopic (exact) mass is 286 g/mol. The van der Waals surface area contributed by atoms with E-state index in [0.29, 0.717) is 23.2 Å². The summed E-state index contributed by atoms with van der Waals surface area (Å²) in [5.41, 5.74) is 0.865. The molecule has 1 N–H and O–H groups in total. The minimum absolute atomic E-state index is 0.00439. The number of nitrogens with zero attached hydrogens (tertiary/aromatic N) is 1. The SMILES string of the molecule is N#CCc1cc(C(=O)C2CC3CCCC(C2)N3)ccc1F. The fourth-order valence-corrected chi connectivity index (χ4v) is 3.66. The zero-order valence-corrected chi connectivity index (χ0v) is 11.9. The van der Waals surface area contributed by atoms with Gasteiger partial charge < -0.3 is 5.32 Å². The summed E-state index contributed by atoms with van der Waals surface area (Å²) in [6.45, 7) is 0. The predicted molar refractivity (Wildman–Crippen MR) is 77.3 cm³/mol. The summed E-state index contributed by atoms with van der Waals surface area (Å²) in [5.74, 6) is -0.273. The maximum Gasteiger partial charge on any atom is 0.166 e. The van der Waals surface area contributed by atoms with Crippen molar-refractivity contribution in [3.05, 3.63) is 35.1 Å². The first-order chi connectivity index (χ1) is 10.2. The molecule has 0 radical (unpaired) electrons. The lowest BCUT2D eigenvalue weighted by molar-refractivity contribution is 0.0825. The Labute approximate surface area is 124 Å². The molecule has 0 spiro atoms. The number of hydrogen-bond acceptors (Lipinski definition) is 3. The first-order valence-corrected chi connectivity index (χ1v) is 7.63. The molecule has 0 aliphatic carbocycles. The predicted octanol–water partition coefficient (Wildman–Crippen LogP) is 3.00. The van der Waals surface area contributed by atoms with Gasteiger partial charge in [0.1, 0.15) is 5.82 Å². The van der Waals surface area contributed by atoms with Crippen molar-refractivity contribution in [2.24, 2.45) is 5.92 Å². The average molecular weight is 286 g/mol. The molecule has 110 valence electrons. The molecule has 0 amide bonds. The summed E-state index contributed by atoms with van der Waals surface area (Å²) in [4.78, 5) is 12.7. The zero-order valence-electron chi connectivity index (χ0n) is 11.9. The Morgan fingerprint density at radius 1 is 1.33 bits per heavy atom. The van der Waals surface area contributed by atoms with E-state index in [0.717, 1.165) is 25.7 Å². The maximum atomic E-state index is 13.6. The summed E-state index contributed by atoms with van der Waals surface area (Å²) in [7, 11) is 0. The van der Waals surface area contributed by atoms with Crippen molar-refractivity contribution in [3.8, 4) is 6.07 Å². The topological polar surface area (TPSA) is 52.9 Å². The van der Waals surface area contributed by atoms with Crippen molar-refractivity contribution in [1.82, 2.24) is 5.32 Å². The number of Topliss-reactive ketones (excluding diaryl/α,β-unsaturated/α-hetero) is 1. The van der Waals surface area contributed by atoms with E-state index in [2.05, 4.69) is 5.32 Å². The number of carbonyl (C=O) groups is 1. The smallest absolute Gasteiger partial charge is 0.166 e. The van der Waals surface area contributed by atoms with E-state index in [1.54, 1.807) is 12.1 Å². The molecule has 2 fully saturated rings. The third-order valence-corrected chi connectivity index (χ3v) is 4.69. The number of nitriles is 1. The van der Waals surface area contributed by atoms with Gasteiger partial charge in [-0.15, -0.1) is 0 Å². The number of fused-ring (bicyclic) bond motifs is 2. The molecule has 2 aliphatic heterocycles. The van der Waals surface area contributed by atoms with Crippen LogP contribution in [0.5, 0.6) is 0 Å². The van der Waals surface area contributed by atoms with Crippen molar-refractivity contribution < 1.29 is 9.18 Å². The van der Waals surface area contributed by atoms with Crippen molar-refractivity contribution in [3.63, 3.8) is 0 Å². The molecule has 2 saturated heterocycles. The van der Waals surface area contributed by atoms with Gasteiger partial charge in [0.15, 0.2) is 5.78 Å². The summed E-state index contributed by atoms with van der Waals surface area (Å²) in [6, 6.07) is 7.25. The van der Waals surface area contributed by atoms with Crippen LogP contribution in [0.3, 0.4) is 0 Å². The molecule has 2 bridgehead atoms. The summed E-state index contributed by atoms with van der Waals surface area (Å²) in [5, 5.41) is 12.3. The van der Waals surface area contributed by atoms with E-state index in [1.807, 2.05) is 6.07 Å². The van der Waals surface area contributed by atoms with Crippen LogP contribution < -0.4 is 5.32 Å². The Kier molecular flexibility index (Phi) is 4.03. The van der Waals surface area contributed by atoms with Gasteiger partial charge in [-0.2, -0.15) is 5.26 Å². The molecule has 2 unspecified atom stereocenters. The molecule has 1 aromatic rings. The van der Waals surface area contributed by atoms with Crippen LogP contribution in [-0.4, -0.2) is 17.9 Å². The van der Waals surface area contributed by atoms with Gasteiger partial charge in [-0.3, -0.25) is 4.79 Å². The summed E-state index contributed by atoms with van der Waals surface area (Å²) < 4.78 is 13.6. The van der Waals surface area contributed by atoms with Crippen LogP contribution in [0.4, 0.5) is 4.39 Å². The number of carbonyl (C=O) groups excluding carboxylic acids is 1. The van der Waals surface area contributed by atoms with E-state index in [1.165, 1.54) is 12.5 Å². The highest BCUT2D eigenvalue weighted by Gasteiger charge is 2.34. The third-order valence-electron chi connectivity index (χ3n) is 4.69. The second-order valence-electron chi connectivity index (χ2n) is 6.17. The third kappa shape index (κ3) is 2.98. The van der Waals surface area contributed by atoms with Gasteiger partial charge in [-0.25, -0.2) is 4.39 Å². The Bertz CT molecular complexity index is 581. The summed E-state index contributed by atoms with van der Waals surface area (Å²) in [6.07, 6.45) is 5.28. The van der Waals surface area contributed by atoms with Crippen LogP contribution in [0.1, 0.15) is 48.0 Å². The van der Waals surface area contributed by atoms with E-state index >= 15 is 0 Å². The second kappa shape index (κ2) is 5.95. The number of piperidine rings is 2. The molecule has 2 atom stereocenters. The normalized spacial score (nSPS) is 27.9. The lowest BCUT2D eigenvalue weighted by Crippen LogP contribution is -2.50. The number of benzene rings is 1. The first kappa shape index (κ1) is 14.2. The van der Waals surface area contributed by atoms with E-state index in [4.69, 9.17) is 5.26 Å². The first-order valence-electron chi connectivity index (χ1n) is 7.63. The molecule has 2 heterocycles. The Hall–Kier alpha value is -1.73. The van der Waals surface area contributed by atoms with Gasteiger partial charge in [0.25, 0.3) is 0 Å². The average Bonchev–Trinajstić information content (AvgIpc) is 2.48. The largest absolute Gasteiger partial charge is 0.311 e. The maximum absolute atomic E-state index is 13.6. The molecule has 3 rings (SSSR count). The fourth-order valence-electron chi connectivity index (χ4n) is 3.66. The lowest BCUT2D eigenvalue weighted by atomic mass is 9.77. The number of nitrogens with one attached hydrogen (secondary N) is 1. The molecular weight excluding hydrogens is 267 g/mol. The number of rotatable bonds is 3. The minimum atomic E-state index is -0.407. The van der Waals surface area contributed by atoms with E-state index in [9.17, 15) is 9.18 Å². The molecule has 1 aromatic carbocycles. The van der Waals surface area contributed by atoms with Crippen LogP contribution in [0.2, 0.25) is 0 Å². The standard InChI is InChI=1S/C17H19FN2O/c18-16-5-4-12(8-11(16)6-7-19)17(21)13-9-14-2-1-3-15(10-13)20-14/h4-5,8,13-15,20H,1-3,6,9-10H2. The van der Waals surface area contributed by atoms with Crippen LogP contribution in [-0.2, 0) is 6.42 Å². The van der Waals surface area contributed by atoms with Gasteiger partial charge in [-0.1, -0.05) is 6.42 Å². The highest BCUT2D eigenvalue weighted by molar-refractivity contribution is 5.98. The van der Waals surface area contributed by atoms with Crippen LogP contribution in [0.15, 0.2) is 18.2 Å². The van der Waals surface area contributed by atoms with Crippen molar-refractivity contribution in [2.75, 3.05) is 0 Å². The highest BCUT2D eigenvalue weighted by Crippen LogP contribution is 2.32. The Morgan fingerprint density at radius 2 is 2.05 bits per heavy atom. The zero-order chi connectivity index (χ0) is 14.8. The number of hydrogen-bond donors (Lipinski definition) is 1. The van der Waals surface area contributed by atoms with Crippen LogP contribution in [0.25, 0.3) is 0 Å². The fraction of sp³-hybridized carbons (Fsp3) is 0.529. The molecular formula is C17H19FN2O. The Morgan fingerprint density at radius 3 is 2.71 bits per heavy atom. The molecule has 0 aromatic heterocycles.